The molecular formula is C15H18BrN3O. The number of nitrogens with zero attached hydrogens (tertiary/aromatic N) is 2. The fourth-order valence-electron chi connectivity index (χ4n) is 2.78. The minimum absolute atomic E-state index is 0.136. The van der Waals surface area contributed by atoms with Gasteiger partial charge in [0.15, 0.2) is 0 Å². The zero-order chi connectivity index (χ0) is 14.2. The molecule has 3 rings (SSSR count). The van der Waals surface area contributed by atoms with E-state index in [1.165, 1.54) is 5.69 Å². The first-order valence-corrected chi connectivity index (χ1v) is 7.51. The highest BCUT2D eigenvalue weighted by Crippen LogP contribution is 2.33. The largest absolute Gasteiger partial charge is 0.495 e. The van der Waals surface area contributed by atoms with E-state index in [1.807, 2.05) is 24.7 Å². The highest BCUT2D eigenvalue weighted by molar-refractivity contribution is 9.10. The summed E-state index contributed by atoms with van der Waals surface area (Å²) < 4.78 is 8.49. The van der Waals surface area contributed by atoms with E-state index >= 15 is 0 Å². The van der Waals surface area contributed by atoms with Gasteiger partial charge >= 0.3 is 0 Å². The van der Waals surface area contributed by atoms with Crippen LogP contribution in [0.25, 0.3) is 5.69 Å². The van der Waals surface area contributed by atoms with Gasteiger partial charge in [0, 0.05) is 29.9 Å². The molecule has 0 radical (unpaired) electrons. The van der Waals surface area contributed by atoms with Crippen molar-refractivity contribution in [3.8, 4) is 11.4 Å². The van der Waals surface area contributed by atoms with Gasteiger partial charge in [-0.1, -0.05) is 6.92 Å². The maximum atomic E-state index is 5.38. The van der Waals surface area contributed by atoms with Gasteiger partial charge in [0.1, 0.15) is 5.75 Å². The lowest BCUT2D eigenvalue weighted by atomic mass is 9.86. The molecule has 1 saturated heterocycles. The lowest BCUT2D eigenvalue weighted by molar-refractivity contribution is 0.411. The molecule has 0 bridgehead atoms. The Labute approximate surface area is 127 Å². The molecule has 1 aliphatic heterocycles. The van der Waals surface area contributed by atoms with E-state index in [0.717, 1.165) is 35.4 Å². The first-order valence-electron chi connectivity index (χ1n) is 6.71. The van der Waals surface area contributed by atoms with Crippen LogP contribution in [-0.4, -0.2) is 29.8 Å². The van der Waals surface area contributed by atoms with Crippen molar-refractivity contribution >= 4 is 15.9 Å². The maximum Gasteiger partial charge on any atom is 0.135 e. The maximum absolute atomic E-state index is 5.38. The molecule has 0 amide bonds. The topological polar surface area (TPSA) is 39.1 Å². The van der Waals surface area contributed by atoms with Gasteiger partial charge in [0.2, 0.25) is 0 Å². The van der Waals surface area contributed by atoms with Crippen molar-refractivity contribution in [1.82, 2.24) is 14.9 Å². The number of methoxy groups -OCH3 is 1. The highest BCUT2D eigenvalue weighted by atomic mass is 79.9. The minimum Gasteiger partial charge on any atom is -0.495 e. The van der Waals surface area contributed by atoms with Crippen LogP contribution < -0.4 is 10.1 Å². The quantitative estimate of drug-likeness (QED) is 0.937. The Kier molecular flexibility index (Phi) is 3.56. The average molecular weight is 336 g/mol. The molecule has 1 atom stereocenters. The normalized spacial score (nSPS) is 22.1. The van der Waals surface area contributed by atoms with Crippen molar-refractivity contribution in [2.24, 2.45) is 0 Å². The molecule has 5 heteroatoms. The molecule has 1 aliphatic rings. The molecule has 1 fully saturated rings. The van der Waals surface area contributed by atoms with E-state index in [9.17, 15) is 0 Å². The van der Waals surface area contributed by atoms with Gasteiger partial charge in [0.05, 0.1) is 23.6 Å². The van der Waals surface area contributed by atoms with Gasteiger partial charge in [-0.05, 0) is 41.0 Å². The van der Waals surface area contributed by atoms with Gasteiger partial charge in [-0.25, -0.2) is 4.98 Å². The highest BCUT2D eigenvalue weighted by Gasteiger charge is 2.33. The molecule has 1 N–H and O–H groups in total. The van der Waals surface area contributed by atoms with E-state index in [0.29, 0.717) is 0 Å². The number of rotatable bonds is 3. The number of nitrogens with one attached hydrogen (secondary N) is 1. The Balaban J connectivity index is 2.05. The van der Waals surface area contributed by atoms with E-state index < -0.39 is 0 Å². The van der Waals surface area contributed by atoms with Crippen molar-refractivity contribution < 1.29 is 4.74 Å². The summed E-state index contributed by atoms with van der Waals surface area (Å²) in [6, 6.07) is 6.11. The molecule has 0 saturated carbocycles. The van der Waals surface area contributed by atoms with E-state index in [4.69, 9.17) is 4.74 Å². The summed E-state index contributed by atoms with van der Waals surface area (Å²) >= 11 is 3.49. The predicted molar refractivity (Wildman–Crippen MR) is 82.7 cm³/mol. The smallest absolute Gasteiger partial charge is 0.135 e. The Morgan fingerprint density at radius 2 is 2.30 bits per heavy atom. The molecule has 1 aromatic carbocycles. The second kappa shape index (κ2) is 5.22. The molecular weight excluding hydrogens is 318 g/mol. The third-order valence-electron chi connectivity index (χ3n) is 4.04. The number of benzene rings is 1. The number of imidazole rings is 1. The fraction of sp³-hybridized carbons (Fsp3) is 0.400. The summed E-state index contributed by atoms with van der Waals surface area (Å²) in [7, 11) is 1.68. The number of hydrogen-bond acceptors (Lipinski definition) is 3. The second-order valence-electron chi connectivity index (χ2n) is 5.46. The summed E-state index contributed by atoms with van der Waals surface area (Å²) in [6.45, 7) is 4.34. The standard InChI is InChI=1S/C15H18BrN3O/c1-15(5-6-17-9-15)14-8-18-10-19(14)11-3-4-12(16)13(7-11)20-2/h3-4,7-8,10,17H,5-6,9H2,1-2H3. The monoisotopic (exact) mass is 335 g/mol. The number of aromatic nitrogens is 2. The van der Waals surface area contributed by atoms with Gasteiger partial charge in [-0.15, -0.1) is 0 Å². The summed E-state index contributed by atoms with van der Waals surface area (Å²) in [5, 5.41) is 3.44. The molecule has 1 unspecified atom stereocenters. The Morgan fingerprint density at radius 1 is 1.45 bits per heavy atom. The zero-order valence-electron chi connectivity index (χ0n) is 11.7. The third-order valence-corrected chi connectivity index (χ3v) is 4.69. The molecule has 2 aromatic rings. The number of hydrogen-bond donors (Lipinski definition) is 1. The average Bonchev–Trinajstić information content (AvgIpc) is 3.09. The van der Waals surface area contributed by atoms with Gasteiger partial charge < -0.3 is 14.6 Å². The summed E-state index contributed by atoms with van der Waals surface area (Å²) in [4.78, 5) is 4.35. The molecule has 4 nitrogen and oxygen atoms in total. The van der Waals surface area contributed by atoms with Gasteiger partial charge in [0.25, 0.3) is 0 Å². The molecule has 0 aliphatic carbocycles. The van der Waals surface area contributed by atoms with E-state index in [2.05, 4.69) is 43.8 Å². The first kappa shape index (κ1) is 13.6. The van der Waals surface area contributed by atoms with Gasteiger partial charge in [-0.2, -0.15) is 0 Å². The molecule has 106 valence electrons. The Bertz CT molecular complexity index is 617. The predicted octanol–water partition coefficient (Wildman–Crippen LogP) is 2.89. The third kappa shape index (κ3) is 2.25. The molecule has 1 aromatic heterocycles. The first-order chi connectivity index (χ1) is 9.64. The van der Waals surface area contributed by atoms with Crippen LogP contribution in [0.3, 0.4) is 0 Å². The van der Waals surface area contributed by atoms with Crippen molar-refractivity contribution in [3.05, 3.63) is 40.9 Å². The van der Waals surface area contributed by atoms with Crippen LogP contribution in [0.2, 0.25) is 0 Å². The van der Waals surface area contributed by atoms with E-state index in [1.54, 1.807) is 7.11 Å². The Morgan fingerprint density at radius 3 is 3.00 bits per heavy atom. The molecule has 20 heavy (non-hydrogen) atoms. The van der Waals surface area contributed by atoms with Crippen molar-refractivity contribution in [2.45, 2.75) is 18.8 Å². The zero-order valence-corrected chi connectivity index (χ0v) is 13.3. The van der Waals surface area contributed by atoms with Crippen LogP contribution >= 0.6 is 15.9 Å². The summed E-state index contributed by atoms with van der Waals surface area (Å²) in [5.74, 6) is 0.830. The fourth-order valence-corrected chi connectivity index (χ4v) is 3.19. The summed E-state index contributed by atoms with van der Waals surface area (Å²) in [5.41, 5.74) is 2.45. The van der Waals surface area contributed by atoms with Crippen molar-refractivity contribution in [2.75, 3.05) is 20.2 Å². The van der Waals surface area contributed by atoms with Crippen LogP contribution in [0.1, 0.15) is 19.0 Å². The van der Waals surface area contributed by atoms with Gasteiger partial charge in [-0.3, -0.25) is 0 Å². The number of halogens is 1. The molecule has 2 heterocycles. The summed E-state index contributed by atoms with van der Waals surface area (Å²) in [6.07, 6.45) is 4.98. The van der Waals surface area contributed by atoms with Crippen LogP contribution in [0.4, 0.5) is 0 Å². The lowest BCUT2D eigenvalue weighted by Crippen LogP contribution is -2.27. The van der Waals surface area contributed by atoms with Crippen LogP contribution in [0.15, 0.2) is 35.2 Å². The van der Waals surface area contributed by atoms with Crippen LogP contribution in [0, 0.1) is 0 Å². The number of ether oxygens (including phenoxy) is 1. The SMILES string of the molecule is COc1cc(-n2cncc2C2(C)CCNC2)ccc1Br. The van der Waals surface area contributed by atoms with Crippen molar-refractivity contribution in [1.29, 1.82) is 0 Å². The van der Waals surface area contributed by atoms with Crippen LogP contribution in [-0.2, 0) is 5.41 Å². The van der Waals surface area contributed by atoms with Crippen LogP contribution in [0.5, 0.6) is 5.75 Å². The molecule has 0 spiro atoms. The minimum atomic E-state index is 0.136. The second-order valence-corrected chi connectivity index (χ2v) is 6.31. The Hall–Kier alpha value is -1.33. The lowest BCUT2D eigenvalue weighted by Gasteiger charge is -2.24. The van der Waals surface area contributed by atoms with E-state index in [-0.39, 0.29) is 5.41 Å². The van der Waals surface area contributed by atoms with Crippen molar-refractivity contribution in [3.63, 3.8) is 0 Å².